The number of rotatable bonds is 4. The molecule has 2 aromatic rings. The van der Waals surface area contributed by atoms with E-state index in [4.69, 9.17) is 0 Å². The van der Waals surface area contributed by atoms with Crippen molar-refractivity contribution < 1.29 is 9.90 Å². The molecular formula is C18H29N3O3. The molecule has 6 heteroatoms. The number of nitrogens with one attached hydrogen (secondary N) is 1. The maximum absolute atomic E-state index is 12.3. The molecule has 24 heavy (non-hydrogen) atoms. The van der Waals surface area contributed by atoms with Crippen LogP contribution in [0.15, 0.2) is 23.1 Å². The maximum atomic E-state index is 12.3. The molecule has 0 atom stereocenters. The topological polar surface area (TPSA) is 83.7 Å². The van der Waals surface area contributed by atoms with Crippen molar-refractivity contribution in [2.75, 3.05) is 6.54 Å². The zero-order valence-corrected chi connectivity index (χ0v) is 15.5. The van der Waals surface area contributed by atoms with Gasteiger partial charge in [0, 0.05) is 12.7 Å². The van der Waals surface area contributed by atoms with Gasteiger partial charge in [0.15, 0.2) is 5.56 Å². The Morgan fingerprint density at radius 1 is 1.29 bits per heavy atom. The molecule has 134 valence electrons. The zero-order chi connectivity index (χ0) is 18.7. The monoisotopic (exact) mass is 335 g/mol. The minimum atomic E-state index is -0.593. The highest BCUT2D eigenvalue weighted by molar-refractivity contribution is 5.96. The summed E-state index contributed by atoms with van der Waals surface area (Å²) in [6.07, 6.45) is 3.27. The second kappa shape index (κ2) is 11.2. The van der Waals surface area contributed by atoms with Crippen LogP contribution < -0.4 is 10.9 Å². The molecule has 0 radical (unpaired) electrons. The van der Waals surface area contributed by atoms with Crippen LogP contribution in [0.1, 0.15) is 63.4 Å². The average molecular weight is 335 g/mol. The van der Waals surface area contributed by atoms with Crippen molar-refractivity contribution in [3.63, 3.8) is 0 Å². The zero-order valence-electron chi connectivity index (χ0n) is 15.5. The van der Waals surface area contributed by atoms with Crippen LogP contribution in [-0.2, 0) is 0 Å². The predicted octanol–water partition coefficient (Wildman–Crippen LogP) is 3.29. The summed E-state index contributed by atoms with van der Waals surface area (Å²) in [4.78, 5) is 28.2. The lowest BCUT2D eigenvalue weighted by molar-refractivity contribution is 0.0948. The Kier molecular flexibility index (Phi) is 10.1. The van der Waals surface area contributed by atoms with Crippen LogP contribution >= 0.6 is 0 Å². The van der Waals surface area contributed by atoms with E-state index in [1.165, 1.54) is 10.6 Å². The molecule has 2 heterocycles. The van der Waals surface area contributed by atoms with Crippen molar-refractivity contribution in [1.82, 2.24) is 14.7 Å². The molecule has 0 bridgehead atoms. The van der Waals surface area contributed by atoms with E-state index in [1.807, 2.05) is 34.6 Å². The molecule has 0 aliphatic heterocycles. The Morgan fingerprint density at radius 3 is 2.50 bits per heavy atom. The number of carbonyl (C=O) groups is 1. The summed E-state index contributed by atoms with van der Waals surface area (Å²) in [5.41, 5.74) is 0.215. The van der Waals surface area contributed by atoms with Gasteiger partial charge in [0.25, 0.3) is 11.5 Å². The van der Waals surface area contributed by atoms with Crippen LogP contribution in [0, 0.1) is 6.92 Å². The van der Waals surface area contributed by atoms with Crippen LogP contribution in [0.25, 0.3) is 5.65 Å². The summed E-state index contributed by atoms with van der Waals surface area (Å²) in [5.74, 6) is -1.12. The summed E-state index contributed by atoms with van der Waals surface area (Å²) in [6.45, 7) is 12.2. The number of pyridine rings is 1. The molecule has 0 saturated heterocycles. The summed E-state index contributed by atoms with van der Waals surface area (Å²) >= 11 is 0. The highest BCUT2D eigenvalue weighted by Gasteiger charge is 2.19. The number of unbranched alkanes of at least 4 members (excludes halogenated alkanes) is 1. The Balaban J connectivity index is 0.00000123. The lowest BCUT2D eigenvalue weighted by Crippen LogP contribution is -2.32. The van der Waals surface area contributed by atoms with Crippen molar-refractivity contribution in [3.05, 3.63) is 39.8 Å². The number of carbonyl (C=O) groups excluding carboxylic acids is 1. The van der Waals surface area contributed by atoms with Crippen LogP contribution in [-0.4, -0.2) is 26.9 Å². The summed E-state index contributed by atoms with van der Waals surface area (Å²) in [5, 5.41) is 12.5. The average Bonchev–Trinajstić information content (AvgIpc) is 2.60. The van der Waals surface area contributed by atoms with Gasteiger partial charge in [-0.15, -0.1) is 0 Å². The largest absolute Gasteiger partial charge is 0.493 e. The van der Waals surface area contributed by atoms with Gasteiger partial charge < -0.3 is 10.4 Å². The van der Waals surface area contributed by atoms with Gasteiger partial charge in [-0.3, -0.25) is 14.0 Å². The van der Waals surface area contributed by atoms with Gasteiger partial charge in [-0.1, -0.05) is 47.1 Å². The molecule has 0 unspecified atom stereocenters. The molecule has 2 N–H and O–H groups in total. The summed E-state index contributed by atoms with van der Waals surface area (Å²) in [7, 11) is 0. The molecule has 1 amide bonds. The van der Waals surface area contributed by atoms with E-state index in [2.05, 4.69) is 10.3 Å². The fraction of sp³-hybridized carbons (Fsp3) is 0.500. The number of fused-ring (bicyclic) bond motifs is 1. The second-order valence-corrected chi connectivity index (χ2v) is 4.61. The van der Waals surface area contributed by atoms with Gasteiger partial charge >= 0.3 is 0 Å². The third-order valence-electron chi connectivity index (χ3n) is 3.07. The number of aryl methyl sites for hydroxylation is 1. The molecule has 6 nitrogen and oxygen atoms in total. The van der Waals surface area contributed by atoms with E-state index in [-0.39, 0.29) is 5.56 Å². The SMILES string of the molecule is CC.CC.CCCCNC(=O)c1c(O)nc2c(C)cccn2c1=O. The molecule has 0 aliphatic carbocycles. The highest BCUT2D eigenvalue weighted by Crippen LogP contribution is 2.13. The number of aromatic hydroxyl groups is 1. The third-order valence-corrected chi connectivity index (χ3v) is 3.07. The van der Waals surface area contributed by atoms with Crippen LogP contribution in [0.2, 0.25) is 0 Å². The van der Waals surface area contributed by atoms with Gasteiger partial charge in [-0.25, -0.2) is 0 Å². The number of aromatic nitrogens is 2. The quantitative estimate of drug-likeness (QED) is 0.840. The lowest BCUT2D eigenvalue weighted by Gasteiger charge is -2.08. The maximum Gasteiger partial charge on any atom is 0.274 e. The van der Waals surface area contributed by atoms with Gasteiger partial charge in [-0.2, -0.15) is 4.98 Å². The van der Waals surface area contributed by atoms with Gasteiger partial charge in [0.05, 0.1) is 0 Å². The van der Waals surface area contributed by atoms with Crippen LogP contribution in [0.3, 0.4) is 0 Å². The fourth-order valence-electron chi connectivity index (χ4n) is 1.95. The summed E-state index contributed by atoms with van der Waals surface area (Å²) in [6, 6.07) is 3.48. The fourth-order valence-corrected chi connectivity index (χ4v) is 1.95. The Hall–Kier alpha value is -2.37. The number of nitrogens with zero attached hydrogens (tertiary/aromatic N) is 2. The standard InChI is InChI=1S/C14H17N3O3.2C2H6/c1-3-4-7-15-12(18)10-13(19)16-11-9(2)6-5-8-17(11)14(10)20;2*1-2/h5-6,8,19H,3-4,7H2,1-2H3,(H,15,18);2*1-2H3. The van der Waals surface area contributed by atoms with E-state index in [0.29, 0.717) is 12.2 Å². The van der Waals surface area contributed by atoms with Crippen molar-refractivity contribution in [2.45, 2.75) is 54.4 Å². The minimum Gasteiger partial charge on any atom is -0.493 e. The van der Waals surface area contributed by atoms with E-state index < -0.39 is 17.3 Å². The predicted molar refractivity (Wildman–Crippen MR) is 97.8 cm³/mol. The van der Waals surface area contributed by atoms with Gasteiger partial charge in [0.2, 0.25) is 5.88 Å². The first-order valence-corrected chi connectivity index (χ1v) is 8.55. The van der Waals surface area contributed by atoms with Crippen molar-refractivity contribution >= 4 is 11.6 Å². The minimum absolute atomic E-state index is 0.316. The van der Waals surface area contributed by atoms with E-state index in [9.17, 15) is 14.7 Å². The van der Waals surface area contributed by atoms with Crippen molar-refractivity contribution in [3.8, 4) is 5.88 Å². The number of hydrogen-bond donors (Lipinski definition) is 2. The van der Waals surface area contributed by atoms with E-state index in [1.54, 1.807) is 19.1 Å². The molecule has 2 rings (SSSR count). The smallest absolute Gasteiger partial charge is 0.274 e. The molecule has 0 aliphatic rings. The Labute approximate surface area is 143 Å². The Bertz CT molecular complexity index is 708. The van der Waals surface area contributed by atoms with Crippen LogP contribution in [0.5, 0.6) is 5.88 Å². The van der Waals surface area contributed by atoms with Crippen molar-refractivity contribution in [1.29, 1.82) is 0 Å². The molecule has 0 fully saturated rings. The molecule has 0 aromatic carbocycles. The Morgan fingerprint density at radius 2 is 1.92 bits per heavy atom. The van der Waals surface area contributed by atoms with E-state index in [0.717, 1.165) is 18.4 Å². The first-order chi connectivity index (χ1) is 11.6. The molecule has 0 saturated carbocycles. The highest BCUT2D eigenvalue weighted by atomic mass is 16.3. The van der Waals surface area contributed by atoms with Gasteiger partial charge in [0.1, 0.15) is 5.65 Å². The van der Waals surface area contributed by atoms with Crippen LogP contribution in [0.4, 0.5) is 0 Å². The normalized spacial score (nSPS) is 9.42. The lowest BCUT2D eigenvalue weighted by atomic mass is 10.2. The van der Waals surface area contributed by atoms with Gasteiger partial charge in [-0.05, 0) is 25.0 Å². The molecule has 0 spiro atoms. The second-order valence-electron chi connectivity index (χ2n) is 4.61. The molecular weight excluding hydrogens is 306 g/mol. The third kappa shape index (κ3) is 5.08. The first-order valence-electron chi connectivity index (χ1n) is 8.55. The van der Waals surface area contributed by atoms with Crippen molar-refractivity contribution in [2.24, 2.45) is 0 Å². The summed E-state index contributed by atoms with van der Waals surface area (Å²) < 4.78 is 1.27. The number of hydrogen-bond acceptors (Lipinski definition) is 4. The van der Waals surface area contributed by atoms with E-state index >= 15 is 0 Å². The number of amides is 1. The molecule has 2 aromatic heterocycles. The first kappa shape index (κ1) is 21.6.